The Balaban J connectivity index is 3.52. The van der Waals surface area contributed by atoms with Crippen LogP contribution < -0.4 is 0 Å². The Hall–Kier alpha value is -1.65. The number of aliphatic hydroxyl groups is 1. The molecule has 0 aliphatic carbocycles. The monoisotopic (exact) mass is 560 g/mol. The number of esters is 1. The number of ether oxygens (including phenoxy) is 2. The Labute approximate surface area is 248 Å². The van der Waals surface area contributed by atoms with Crippen LogP contribution >= 0.6 is 0 Å². The first-order chi connectivity index (χ1) is 19.7. The molecule has 232 valence electrons. The Morgan fingerprint density at radius 2 is 1.12 bits per heavy atom. The normalized spacial score (nSPS) is 13.0. The summed E-state index contributed by atoms with van der Waals surface area (Å²) in [5.74, 6) is -0.234. The quantitative estimate of drug-likeness (QED) is 0.0539. The van der Waals surface area contributed by atoms with Crippen LogP contribution in [0, 0.1) is 0 Å². The molecular formula is C36H64O4. The Morgan fingerprint density at radius 1 is 0.625 bits per heavy atom. The van der Waals surface area contributed by atoms with E-state index in [-0.39, 0.29) is 19.2 Å². The van der Waals surface area contributed by atoms with Crippen LogP contribution in [0.4, 0.5) is 0 Å². The highest BCUT2D eigenvalue weighted by Gasteiger charge is 2.13. The van der Waals surface area contributed by atoms with Gasteiger partial charge in [0.25, 0.3) is 0 Å². The van der Waals surface area contributed by atoms with Crippen molar-refractivity contribution in [2.45, 2.75) is 155 Å². The van der Waals surface area contributed by atoms with E-state index in [0.29, 0.717) is 13.0 Å². The minimum atomic E-state index is -0.551. The number of hydrogen-bond acceptors (Lipinski definition) is 4. The van der Waals surface area contributed by atoms with E-state index in [1.54, 1.807) is 0 Å². The number of allylic oxidation sites excluding steroid dienone is 8. The van der Waals surface area contributed by atoms with Gasteiger partial charge in [-0.3, -0.25) is 4.79 Å². The second-order valence-electron chi connectivity index (χ2n) is 10.8. The fraction of sp³-hybridized carbons (Fsp3) is 0.750. The second-order valence-corrected chi connectivity index (χ2v) is 10.8. The summed E-state index contributed by atoms with van der Waals surface area (Å²) < 4.78 is 11.1. The van der Waals surface area contributed by atoms with E-state index in [1.807, 2.05) is 0 Å². The van der Waals surface area contributed by atoms with Gasteiger partial charge >= 0.3 is 5.97 Å². The third kappa shape index (κ3) is 30.9. The van der Waals surface area contributed by atoms with Gasteiger partial charge in [0.05, 0.1) is 13.2 Å². The van der Waals surface area contributed by atoms with Crippen LogP contribution in [0.1, 0.15) is 149 Å². The Morgan fingerprint density at radius 3 is 1.73 bits per heavy atom. The van der Waals surface area contributed by atoms with Crippen LogP contribution in [0.2, 0.25) is 0 Å². The van der Waals surface area contributed by atoms with Crippen molar-refractivity contribution in [3.8, 4) is 0 Å². The van der Waals surface area contributed by atoms with Gasteiger partial charge in [-0.25, -0.2) is 0 Å². The van der Waals surface area contributed by atoms with Crippen LogP contribution in [-0.4, -0.2) is 37.0 Å². The van der Waals surface area contributed by atoms with Crippen molar-refractivity contribution in [3.63, 3.8) is 0 Å². The van der Waals surface area contributed by atoms with Crippen molar-refractivity contribution in [2.24, 2.45) is 0 Å². The van der Waals surface area contributed by atoms with Crippen LogP contribution in [0.15, 0.2) is 48.6 Å². The van der Waals surface area contributed by atoms with Crippen LogP contribution in [0.5, 0.6) is 0 Å². The van der Waals surface area contributed by atoms with Gasteiger partial charge in [-0.1, -0.05) is 120 Å². The van der Waals surface area contributed by atoms with Crippen molar-refractivity contribution in [1.82, 2.24) is 0 Å². The number of hydrogen-bond donors (Lipinski definition) is 1. The molecule has 0 bridgehead atoms. The Kier molecular flexibility index (Phi) is 32.2. The summed E-state index contributed by atoms with van der Waals surface area (Å²) in [6, 6.07) is 0. The molecule has 40 heavy (non-hydrogen) atoms. The highest BCUT2D eigenvalue weighted by molar-refractivity contribution is 5.69. The maximum Gasteiger partial charge on any atom is 0.306 e. The molecule has 1 N–H and O–H groups in total. The molecule has 0 radical (unpaired) electrons. The predicted octanol–water partition coefficient (Wildman–Crippen LogP) is 10.4. The van der Waals surface area contributed by atoms with Crippen molar-refractivity contribution >= 4 is 5.97 Å². The molecule has 0 saturated heterocycles. The van der Waals surface area contributed by atoms with E-state index in [2.05, 4.69) is 62.5 Å². The Bertz CT molecular complexity index is 635. The van der Waals surface area contributed by atoms with Gasteiger partial charge in [0.1, 0.15) is 6.10 Å². The summed E-state index contributed by atoms with van der Waals surface area (Å²) in [4.78, 5) is 12.1. The molecule has 0 heterocycles. The summed E-state index contributed by atoms with van der Waals surface area (Å²) >= 11 is 0. The number of aliphatic hydroxyl groups excluding tert-OH is 1. The molecule has 0 aliphatic heterocycles. The summed E-state index contributed by atoms with van der Waals surface area (Å²) in [7, 11) is 0. The van der Waals surface area contributed by atoms with E-state index in [0.717, 1.165) is 51.4 Å². The molecule has 0 saturated carbocycles. The summed E-state index contributed by atoms with van der Waals surface area (Å²) in [5.41, 5.74) is 0. The SMILES string of the molecule is CC/C=C\C/C=C\C/C=C\CCCCCC(=O)OC(CO)COCCCCCCCC/C=C\CCCCCCC. The molecule has 0 spiro atoms. The van der Waals surface area contributed by atoms with E-state index < -0.39 is 6.10 Å². The first-order valence-electron chi connectivity index (χ1n) is 16.7. The molecule has 1 unspecified atom stereocenters. The van der Waals surface area contributed by atoms with Gasteiger partial charge in [-0.05, 0) is 70.6 Å². The predicted molar refractivity (Wildman–Crippen MR) is 173 cm³/mol. The standard InChI is InChI=1S/C36H64O4/c1-3-5-7-9-11-13-15-17-18-20-22-24-26-28-30-32-39-34-35(33-37)40-36(38)31-29-27-25-23-21-19-16-14-12-10-8-6-4-2/h6,8,12,14-15,17,19,21,35,37H,3-5,7,9-11,13,16,18,20,22-34H2,1-2H3/b8-6-,14-12-,17-15-,21-19-. The van der Waals surface area contributed by atoms with Crippen molar-refractivity contribution in [3.05, 3.63) is 48.6 Å². The zero-order valence-corrected chi connectivity index (χ0v) is 26.3. The van der Waals surface area contributed by atoms with Crippen molar-refractivity contribution in [2.75, 3.05) is 19.8 Å². The minimum absolute atomic E-state index is 0.187. The van der Waals surface area contributed by atoms with Gasteiger partial charge in [-0.15, -0.1) is 0 Å². The van der Waals surface area contributed by atoms with E-state index >= 15 is 0 Å². The lowest BCUT2D eigenvalue weighted by Crippen LogP contribution is -2.27. The van der Waals surface area contributed by atoms with Crippen molar-refractivity contribution < 1.29 is 19.4 Å². The van der Waals surface area contributed by atoms with Crippen LogP contribution in [0.25, 0.3) is 0 Å². The number of carbonyl (C=O) groups excluding carboxylic acids is 1. The molecule has 0 aromatic rings. The molecule has 0 fully saturated rings. The second kappa shape index (κ2) is 33.6. The molecule has 0 amide bonds. The number of unbranched alkanes of at least 4 members (excludes halogenated alkanes) is 14. The van der Waals surface area contributed by atoms with Crippen molar-refractivity contribution in [1.29, 1.82) is 0 Å². The fourth-order valence-electron chi connectivity index (χ4n) is 4.39. The lowest BCUT2D eigenvalue weighted by molar-refractivity contribution is -0.154. The van der Waals surface area contributed by atoms with E-state index in [1.165, 1.54) is 77.0 Å². The minimum Gasteiger partial charge on any atom is -0.457 e. The maximum absolute atomic E-state index is 12.1. The summed E-state index contributed by atoms with van der Waals surface area (Å²) in [6.07, 6.45) is 41.4. The number of carbonyl (C=O) groups is 1. The zero-order chi connectivity index (χ0) is 29.2. The third-order valence-corrected chi connectivity index (χ3v) is 6.89. The average Bonchev–Trinajstić information content (AvgIpc) is 2.96. The van der Waals surface area contributed by atoms with Gasteiger partial charge in [0.2, 0.25) is 0 Å². The van der Waals surface area contributed by atoms with E-state index in [9.17, 15) is 9.90 Å². The molecule has 4 heteroatoms. The van der Waals surface area contributed by atoms with Gasteiger partial charge in [-0.2, -0.15) is 0 Å². The fourth-order valence-corrected chi connectivity index (χ4v) is 4.39. The maximum atomic E-state index is 12.1. The first kappa shape index (κ1) is 38.4. The average molecular weight is 561 g/mol. The molecule has 0 aromatic carbocycles. The molecule has 1 atom stereocenters. The topological polar surface area (TPSA) is 55.8 Å². The molecule has 0 aliphatic rings. The largest absolute Gasteiger partial charge is 0.457 e. The van der Waals surface area contributed by atoms with Crippen LogP contribution in [-0.2, 0) is 14.3 Å². The first-order valence-corrected chi connectivity index (χ1v) is 16.7. The molecule has 0 rings (SSSR count). The smallest absolute Gasteiger partial charge is 0.306 e. The highest BCUT2D eigenvalue weighted by atomic mass is 16.6. The summed E-state index contributed by atoms with van der Waals surface area (Å²) in [6.45, 7) is 5.16. The highest BCUT2D eigenvalue weighted by Crippen LogP contribution is 2.10. The molecular weight excluding hydrogens is 496 g/mol. The van der Waals surface area contributed by atoms with Gasteiger partial charge < -0.3 is 14.6 Å². The lowest BCUT2D eigenvalue weighted by atomic mass is 10.1. The molecule has 0 aromatic heterocycles. The third-order valence-electron chi connectivity index (χ3n) is 6.89. The number of rotatable bonds is 30. The van der Waals surface area contributed by atoms with Gasteiger partial charge in [0.15, 0.2) is 0 Å². The van der Waals surface area contributed by atoms with E-state index in [4.69, 9.17) is 9.47 Å². The molecule has 4 nitrogen and oxygen atoms in total. The summed E-state index contributed by atoms with van der Waals surface area (Å²) in [5, 5.41) is 9.52. The lowest BCUT2D eigenvalue weighted by Gasteiger charge is -2.15. The zero-order valence-electron chi connectivity index (χ0n) is 26.3. The van der Waals surface area contributed by atoms with Gasteiger partial charge in [0, 0.05) is 13.0 Å². The van der Waals surface area contributed by atoms with Crippen LogP contribution in [0.3, 0.4) is 0 Å².